The first-order chi connectivity index (χ1) is 64.6. The number of aromatic nitrogens is 4. The van der Waals surface area contributed by atoms with Crippen molar-refractivity contribution in [3.8, 4) is 45.0 Å². The Hall–Kier alpha value is -10.7. The fourth-order valence-electron chi connectivity index (χ4n) is 14.3. The van der Waals surface area contributed by atoms with Crippen molar-refractivity contribution in [3.63, 3.8) is 0 Å². The molecule has 124 heavy (non-hydrogen) atoms. The number of hydrogen-bond acceptors (Lipinski definition) is 9. The number of para-hydroxylation sites is 1. The van der Waals surface area contributed by atoms with Crippen LogP contribution in [0.4, 0.5) is 13.2 Å². The van der Waals surface area contributed by atoms with E-state index in [1.165, 1.54) is 63.3 Å². The molecule has 4 N–H and O–H groups in total. The second-order valence-electron chi connectivity index (χ2n) is 33.2. The van der Waals surface area contributed by atoms with Crippen molar-refractivity contribution in [3.05, 3.63) is 312 Å². The number of pyridine rings is 4. The molecule has 6 heterocycles. The Morgan fingerprint density at radius 1 is 0.371 bits per heavy atom. The van der Waals surface area contributed by atoms with Gasteiger partial charge in [-0.25, -0.2) is 0 Å². The summed E-state index contributed by atoms with van der Waals surface area (Å²) in [4.78, 5) is 17.8. The van der Waals surface area contributed by atoms with E-state index in [9.17, 15) is 13.2 Å². The summed E-state index contributed by atoms with van der Waals surface area (Å²) in [5.41, 5.74) is 1.02. The smallest absolute Gasteiger partial charge is 0.501 e. The van der Waals surface area contributed by atoms with Crippen LogP contribution >= 0.6 is 0 Å². The molecule has 0 aliphatic heterocycles. The van der Waals surface area contributed by atoms with E-state index in [0.29, 0.717) is 78.5 Å². The number of aryl methyl sites for hydroxylation is 4. The van der Waals surface area contributed by atoms with E-state index in [0.717, 1.165) is 84.1 Å². The third-order valence-corrected chi connectivity index (χ3v) is 19.9. The topological polar surface area (TPSA) is 175 Å². The molecule has 0 unspecified atom stereocenters. The van der Waals surface area contributed by atoms with Crippen LogP contribution in [0.3, 0.4) is 0 Å². The van der Waals surface area contributed by atoms with E-state index < -0.39 is 83.3 Å². The maximum Gasteiger partial charge on any atom is 0.522 e. The molecular formula is C107H107F3Ir2N4O7S-2. The van der Waals surface area contributed by atoms with Gasteiger partial charge in [-0.1, -0.05) is 227 Å². The third-order valence-electron chi connectivity index (χ3n) is 19.3. The summed E-state index contributed by atoms with van der Waals surface area (Å²) in [5, 5.41) is 30.5. The van der Waals surface area contributed by atoms with E-state index >= 15 is 0 Å². The molecule has 0 atom stereocenters. The van der Waals surface area contributed by atoms with Crippen LogP contribution in [-0.4, -0.2) is 62.8 Å². The Morgan fingerprint density at radius 2 is 0.702 bits per heavy atom. The van der Waals surface area contributed by atoms with Gasteiger partial charge in [-0.05, 0) is 232 Å². The molecule has 2 radical (unpaired) electrons. The van der Waals surface area contributed by atoms with Crippen LogP contribution in [0.2, 0.25) is 0 Å². The van der Waals surface area contributed by atoms with Crippen molar-refractivity contribution in [2.75, 3.05) is 14.2 Å². The molecular weight excluding hydrogens is 1930 g/mol. The minimum Gasteiger partial charge on any atom is -0.501 e. The van der Waals surface area contributed by atoms with Crippen LogP contribution < -0.4 is 0 Å². The van der Waals surface area contributed by atoms with Gasteiger partial charge < -0.3 is 34.0 Å². The summed E-state index contributed by atoms with van der Waals surface area (Å²) in [7, 11) is -3.59. The van der Waals surface area contributed by atoms with Crippen LogP contribution in [0.25, 0.3) is 154 Å². The zero-order valence-electron chi connectivity index (χ0n) is 88.2. The molecule has 644 valence electrons. The van der Waals surface area contributed by atoms with Gasteiger partial charge in [0.1, 0.15) is 23.9 Å². The Morgan fingerprint density at radius 3 is 1.09 bits per heavy atom. The van der Waals surface area contributed by atoms with Crippen LogP contribution in [0.5, 0.6) is 0 Å². The summed E-state index contributed by atoms with van der Waals surface area (Å²) in [6, 6.07) is 82.5. The normalized spacial score (nSPS) is 14.6. The number of fused-ring (bicyclic) bond motifs is 18. The Balaban J connectivity index is 0.000000188. The quantitative estimate of drug-likeness (QED) is 0.0490. The summed E-state index contributed by atoms with van der Waals surface area (Å²) < 4.78 is 211. The van der Waals surface area contributed by atoms with Gasteiger partial charge in [0.25, 0.3) is 0 Å². The number of furan rings is 2. The zero-order chi connectivity index (χ0) is 103. The SMILES string of the molecule is CO.C[OH2+].O=S(=O)(O)C(F)(F)F.[2H]C([2H])([2H])c1cc(-c2cccc3c2oc2cc4c5ccccc5c5ccccc5c4cc23)ncc1C.[2H]C([2H])([2H])c1cnc(-c2[c-]ccc3c2oc2cc4c5ccccc5c5ccccc5c4cc23)cc1C([2H])([2H])[2H].[2H]C([2H])(c1cnc(-c2[c-]cccc2)cc1C([2H])([2H])C(C)(C)C)C(C)(C)C.[2H]C([2H])(c1cnc(-c2[c-]cccc2)cc1C([2H])([2H])C(C)(C)C)C(C)(C)C.[Ir].[Ir]. The van der Waals surface area contributed by atoms with Gasteiger partial charge in [0.05, 0.1) is 11.3 Å². The van der Waals surface area contributed by atoms with Crippen LogP contribution in [0, 0.1) is 67.3 Å². The fraction of sp³-hybridized carbons (Fsp3) is 0.252. The molecule has 18 aromatic rings. The fourth-order valence-corrected chi connectivity index (χ4v) is 14.3. The minimum absolute atomic E-state index is 0. The molecule has 0 bridgehead atoms. The first kappa shape index (κ1) is 73.7. The molecule has 0 spiro atoms. The van der Waals surface area contributed by atoms with Gasteiger partial charge in [0.15, 0.2) is 0 Å². The molecule has 0 aliphatic carbocycles. The number of nitrogens with zero attached hydrogens (tertiary/aromatic N) is 4. The van der Waals surface area contributed by atoms with Gasteiger partial charge in [-0.15, -0.1) is 90.0 Å². The second-order valence-corrected chi connectivity index (χ2v) is 34.6. The second kappa shape index (κ2) is 39.7. The van der Waals surface area contributed by atoms with Crippen molar-refractivity contribution >= 4 is 119 Å². The predicted molar refractivity (Wildman–Crippen MR) is 502 cm³/mol. The number of aliphatic hydroxyl groups is 1. The number of alkyl halides is 3. The van der Waals surface area contributed by atoms with Gasteiger partial charge in [0, 0.05) is 117 Å². The maximum atomic E-state index is 10.7. The standard InChI is InChI=1S/C31H21NO.C31H20NO.2C21H28N.CHF3O3S.2CH4O.2Ir/c2*1-18-14-29(32-17-19(18)2)25-13-7-12-24-28-15-26-22-10-5-3-8-20(22)21-9-4-6-11-23(21)27(26)16-30(28)33-31(24)25;2*1-20(2,3)13-17-12-19(16-10-8-7-9-11-16)22-15-18(17)14-21(4,5)6;2-1(3,4)8(5,6)7;2*1-2;;/h3-17H,1-2H3;3-12,14-17H,1-2H3;2*7-10,12,15H,13-14H2,1-6H3;(H,5,6,7);2*2H,1H3;;/q;3*-1;;;;;/p+1/i1D3;1D3,2D3;2*13D2,14D2;;;;;. The number of benzene rings is 12. The molecule has 0 saturated carbocycles. The summed E-state index contributed by atoms with van der Waals surface area (Å²) in [6.45, 7) is 16.3. The number of aliphatic hydroxyl groups excluding tert-OH is 1. The largest absolute Gasteiger partial charge is 0.522 e. The Kier molecular flexibility index (Phi) is 23.6. The molecule has 12 aromatic carbocycles. The summed E-state index contributed by atoms with van der Waals surface area (Å²) in [6.07, 6.45) is -1.15. The number of hydrogen-bond donors (Lipinski definition) is 2. The van der Waals surface area contributed by atoms with E-state index in [1.807, 2.05) is 162 Å². The predicted octanol–water partition coefficient (Wildman–Crippen LogP) is 28.0. The van der Waals surface area contributed by atoms with Crippen molar-refractivity contribution in [2.45, 2.75) is 142 Å². The molecule has 18 rings (SSSR count). The Bertz CT molecular complexity index is 7620. The minimum atomic E-state index is -5.84. The number of rotatable bonds is 8. The van der Waals surface area contributed by atoms with E-state index in [1.54, 1.807) is 49.5 Å². The van der Waals surface area contributed by atoms with Crippen molar-refractivity contribution < 1.29 is 109 Å². The van der Waals surface area contributed by atoms with Crippen LogP contribution in [-0.2, 0) is 75.8 Å². The molecule has 0 aliphatic rings. The summed E-state index contributed by atoms with van der Waals surface area (Å²) in [5.74, 6) is 0. The molecule has 0 amide bonds. The van der Waals surface area contributed by atoms with Gasteiger partial charge in [-0.2, -0.15) is 21.6 Å². The van der Waals surface area contributed by atoms with E-state index in [-0.39, 0.29) is 51.3 Å². The molecule has 0 fully saturated rings. The monoisotopic (exact) mass is 2050 g/mol. The first-order valence-corrected chi connectivity index (χ1v) is 40.8. The van der Waals surface area contributed by atoms with Crippen LogP contribution in [0.15, 0.2) is 258 Å². The van der Waals surface area contributed by atoms with Crippen molar-refractivity contribution in [1.82, 2.24) is 19.9 Å². The summed E-state index contributed by atoms with van der Waals surface area (Å²) >= 11 is 0. The Labute approximate surface area is 777 Å². The zero-order valence-corrected chi connectivity index (χ0v) is 76.8. The average molecular weight is 2050 g/mol. The molecule has 17 heteroatoms. The molecule has 11 nitrogen and oxygen atoms in total. The van der Waals surface area contributed by atoms with Crippen molar-refractivity contribution in [2.24, 2.45) is 21.7 Å². The van der Waals surface area contributed by atoms with Crippen molar-refractivity contribution in [1.29, 1.82) is 0 Å². The third kappa shape index (κ3) is 22.3. The maximum absolute atomic E-state index is 10.7. The first-order valence-electron chi connectivity index (χ1n) is 47.9. The van der Waals surface area contributed by atoms with Gasteiger partial charge in [0.2, 0.25) is 0 Å². The average Bonchev–Trinajstić information content (AvgIpc) is 1.61. The van der Waals surface area contributed by atoms with Gasteiger partial charge >= 0.3 is 15.6 Å². The van der Waals surface area contributed by atoms with Gasteiger partial charge in [-0.3, -0.25) is 9.54 Å². The van der Waals surface area contributed by atoms with E-state index in [2.05, 4.69) is 141 Å². The van der Waals surface area contributed by atoms with E-state index in [4.69, 9.17) is 55.3 Å². The molecule has 0 saturated heterocycles. The number of halogens is 3. The van der Waals surface area contributed by atoms with Crippen LogP contribution in [0.1, 0.15) is 151 Å². The molecule has 6 aromatic heterocycles.